The summed E-state index contributed by atoms with van der Waals surface area (Å²) in [5.41, 5.74) is -1.39. The summed E-state index contributed by atoms with van der Waals surface area (Å²) in [4.78, 5) is -5.36. The zero-order valence-corrected chi connectivity index (χ0v) is 17.4. The minimum absolute atomic E-state index is 0.546. The minimum Gasteiger partial charge on any atom is -0.384 e. The number of methoxy groups -OCH3 is 2. The largest absolute Gasteiger partial charge is 0.384 e. The lowest BCUT2D eigenvalue weighted by Crippen LogP contribution is -2.77. The number of halogens is 4. The molecule has 0 aromatic heterocycles. The summed E-state index contributed by atoms with van der Waals surface area (Å²) in [7, 11) is 2.93. The zero-order chi connectivity index (χ0) is 19.2. The molecule has 4 bridgehead atoms. The molecule has 5 saturated carbocycles. The SMILES string of the molecule is COC1(OC)C2(Cl)C3C4C5(O)c6ccccc6C3(O)C3C5C(Cl)(C41Cl)C32Cl. The first-order chi connectivity index (χ1) is 12.6. The van der Waals surface area contributed by atoms with Crippen LogP contribution in [0.4, 0.5) is 0 Å². The average molecular weight is 450 g/mol. The lowest BCUT2D eigenvalue weighted by atomic mass is 9.44. The Kier molecular flexibility index (Phi) is 2.39. The van der Waals surface area contributed by atoms with Crippen molar-refractivity contribution in [3.63, 3.8) is 0 Å². The Morgan fingerprint density at radius 3 is 1.37 bits per heavy atom. The van der Waals surface area contributed by atoms with Crippen molar-refractivity contribution in [2.24, 2.45) is 23.7 Å². The molecule has 4 nitrogen and oxygen atoms in total. The van der Waals surface area contributed by atoms with Crippen molar-refractivity contribution in [2.75, 3.05) is 14.2 Å². The summed E-state index contributed by atoms with van der Waals surface area (Å²) in [6, 6.07) is 7.36. The Morgan fingerprint density at radius 1 is 0.704 bits per heavy atom. The van der Waals surface area contributed by atoms with Gasteiger partial charge < -0.3 is 19.7 Å². The van der Waals surface area contributed by atoms with E-state index in [2.05, 4.69) is 0 Å². The van der Waals surface area contributed by atoms with Gasteiger partial charge in [-0.15, -0.1) is 46.4 Å². The van der Waals surface area contributed by atoms with Gasteiger partial charge in [0, 0.05) is 37.9 Å². The van der Waals surface area contributed by atoms with Crippen LogP contribution in [-0.4, -0.2) is 49.7 Å². The van der Waals surface area contributed by atoms with Gasteiger partial charge >= 0.3 is 0 Å². The van der Waals surface area contributed by atoms with Gasteiger partial charge in [-0.05, 0) is 11.1 Å². The second-order valence-electron chi connectivity index (χ2n) is 8.98. The van der Waals surface area contributed by atoms with Gasteiger partial charge in [0.2, 0.25) is 5.79 Å². The second-order valence-corrected chi connectivity index (χ2v) is 11.4. The Hall–Kier alpha value is 0.220. The van der Waals surface area contributed by atoms with Gasteiger partial charge in [-0.2, -0.15) is 0 Å². The van der Waals surface area contributed by atoms with Crippen molar-refractivity contribution in [3.05, 3.63) is 35.4 Å². The van der Waals surface area contributed by atoms with Gasteiger partial charge in [-0.25, -0.2) is 0 Å². The summed E-state index contributed by atoms with van der Waals surface area (Å²) in [6.45, 7) is 0. The van der Waals surface area contributed by atoms with Crippen molar-refractivity contribution in [1.29, 1.82) is 0 Å². The molecule has 0 heterocycles. The van der Waals surface area contributed by atoms with Crippen LogP contribution in [0.25, 0.3) is 0 Å². The molecule has 27 heavy (non-hydrogen) atoms. The molecule has 1 aromatic carbocycles. The molecular formula is C19H16Cl4O4. The van der Waals surface area contributed by atoms with Gasteiger partial charge in [0.15, 0.2) is 0 Å². The van der Waals surface area contributed by atoms with E-state index in [0.717, 1.165) is 0 Å². The van der Waals surface area contributed by atoms with E-state index >= 15 is 0 Å². The fraction of sp³-hybridized carbons (Fsp3) is 0.684. The number of ether oxygens (including phenoxy) is 2. The third-order valence-corrected chi connectivity index (χ3v) is 12.7. The molecule has 10 unspecified atom stereocenters. The maximum atomic E-state index is 12.2. The average Bonchev–Trinajstić information content (AvgIpc) is 2.95. The molecule has 8 heteroatoms. The normalized spacial score (nSPS) is 66.5. The molecule has 1 aromatic rings. The first-order valence-corrected chi connectivity index (χ1v) is 10.5. The molecule has 0 radical (unpaired) electrons. The highest BCUT2D eigenvalue weighted by Gasteiger charge is 3.16. The predicted molar refractivity (Wildman–Crippen MR) is 99.3 cm³/mol. The van der Waals surface area contributed by atoms with Crippen LogP contribution in [-0.2, 0) is 20.7 Å². The lowest BCUT2D eigenvalue weighted by Gasteiger charge is -2.67. The summed E-state index contributed by atoms with van der Waals surface area (Å²) < 4.78 is 11.8. The molecule has 2 N–H and O–H groups in total. The smallest absolute Gasteiger partial charge is 0.211 e. The van der Waals surface area contributed by atoms with Crippen LogP contribution in [0.15, 0.2) is 24.3 Å². The molecule has 0 aliphatic heterocycles. The van der Waals surface area contributed by atoms with E-state index in [1.807, 2.05) is 24.3 Å². The number of aliphatic hydroxyl groups is 2. The second kappa shape index (κ2) is 3.80. The van der Waals surface area contributed by atoms with Gasteiger partial charge in [-0.1, -0.05) is 24.3 Å². The van der Waals surface area contributed by atoms with Gasteiger partial charge in [0.1, 0.15) is 21.0 Å². The topological polar surface area (TPSA) is 58.9 Å². The molecule has 0 amide bonds. The summed E-state index contributed by atoms with van der Waals surface area (Å²) in [5, 5.41) is 24.3. The molecular weight excluding hydrogens is 434 g/mol. The number of rotatable bonds is 2. The van der Waals surface area contributed by atoms with Crippen LogP contribution in [0, 0.1) is 23.7 Å². The monoisotopic (exact) mass is 448 g/mol. The van der Waals surface area contributed by atoms with Crippen LogP contribution in [0.3, 0.4) is 0 Å². The molecule has 10 atom stereocenters. The van der Waals surface area contributed by atoms with Gasteiger partial charge in [0.25, 0.3) is 0 Å². The van der Waals surface area contributed by atoms with Crippen LogP contribution in [0.5, 0.6) is 0 Å². The number of hydrogen-bond acceptors (Lipinski definition) is 4. The first kappa shape index (κ1) is 17.0. The summed E-state index contributed by atoms with van der Waals surface area (Å²) >= 11 is 29.2. The van der Waals surface area contributed by atoms with Crippen molar-refractivity contribution in [2.45, 2.75) is 36.5 Å². The lowest BCUT2D eigenvalue weighted by molar-refractivity contribution is -0.235. The third-order valence-electron chi connectivity index (χ3n) is 9.19. The van der Waals surface area contributed by atoms with Crippen molar-refractivity contribution in [1.82, 2.24) is 0 Å². The van der Waals surface area contributed by atoms with Gasteiger partial charge in [0.05, 0.1) is 9.75 Å². The Morgan fingerprint density at radius 2 is 1.04 bits per heavy atom. The Labute approximate surface area is 175 Å². The Bertz CT molecular complexity index is 913. The third kappa shape index (κ3) is 0.907. The van der Waals surface area contributed by atoms with E-state index in [1.165, 1.54) is 14.2 Å². The van der Waals surface area contributed by atoms with Crippen molar-refractivity contribution >= 4 is 46.4 Å². The van der Waals surface area contributed by atoms with E-state index in [4.69, 9.17) is 55.9 Å². The maximum Gasteiger partial charge on any atom is 0.211 e. The van der Waals surface area contributed by atoms with E-state index in [9.17, 15) is 10.2 Å². The van der Waals surface area contributed by atoms with E-state index < -0.39 is 60.2 Å². The number of benzene rings is 1. The molecule has 7 aliphatic carbocycles. The summed E-state index contributed by atoms with van der Waals surface area (Å²) in [6.07, 6.45) is 0. The molecule has 7 aliphatic rings. The maximum absolute atomic E-state index is 12.2. The van der Waals surface area contributed by atoms with Crippen molar-refractivity contribution in [3.8, 4) is 0 Å². The Balaban J connectivity index is 1.73. The standard InChI is InChI=1S/C19H16Cl4O4/c1-26-19(27-2)17(22)11-12-14(25)8-6-4-3-5-7(8)13(11,24)9-10(14)16(21,15(9,17)20)18(12,19)23/h3-6,9-12,24-25H,1-2H3. The van der Waals surface area contributed by atoms with E-state index in [1.54, 1.807) is 0 Å². The fourth-order valence-electron chi connectivity index (χ4n) is 9.01. The molecule has 5 fully saturated rings. The molecule has 0 spiro atoms. The molecule has 0 saturated heterocycles. The highest BCUT2D eigenvalue weighted by atomic mass is 35.5. The molecule has 8 rings (SSSR count). The quantitative estimate of drug-likeness (QED) is 0.538. The summed E-state index contributed by atoms with van der Waals surface area (Å²) in [5.74, 6) is -3.95. The van der Waals surface area contributed by atoms with Crippen LogP contribution >= 0.6 is 46.4 Å². The van der Waals surface area contributed by atoms with Crippen LogP contribution in [0.2, 0.25) is 0 Å². The van der Waals surface area contributed by atoms with E-state index in [0.29, 0.717) is 11.1 Å². The zero-order valence-electron chi connectivity index (χ0n) is 14.3. The highest BCUT2D eigenvalue weighted by Crippen LogP contribution is 3.03. The van der Waals surface area contributed by atoms with Crippen molar-refractivity contribution < 1.29 is 19.7 Å². The predicted octanol–water partition coefficient (Wildman–Crippen LogP) is 2.51. The fourth-order valence-corrected chi connectivity index (χ4v) is 12.5. The molecule has 144 valence electrons. The van der Waals surface area contributed by atoms with Gasteiger partial charge in [-0.3, -0.25) is 0 Å². The van der Waals surface area contributed by atoms with Crippen LogP contribution < -0.4 is 0 Å². The number of hydrogen-bond donors (Lipinski definition) is 2. The van der Waals surface area contributed by atoms with Crippen LogP contribution in [0.1, 0.15) is 11.1 Å². The highest BCUT2D eigenvalue weighted by molar-refractivity contribution is 6.51. The first-order valence-electron chi connectivity index (χ1n) is 8.98. The number of alkyl halides is 4. The van der Waals surface area contributed by atoms with E-state index in [-0.39, 0.29) is 0 Å². The minimum atomic E-state index is -1.55.